The van der Waals surface area contributed by atoms with Crippen molar-refractivity contribution in [1.29, 1.82) is 0 Å². The van der Waals surface area contributed by atoms with Gasteiger partial charge in [-0.05, 0) is 49.4 Å². The second kappa shape index (κ2) is 8.04. The lowest BCUT2D eigenvalue weighted by Crippen LogP contribution is -2.38. The Morgan fingerprint density at radius 3 is 2.00 bits per heavy atom. The van der Waals surface area contributed by atoms with Crippen molar-refractivity contribution >= 4 is 8.32 Å². The number of hydrogen-bond acceptors (Lipinski definition) is 1. The molecule has 0 unspecified atom stereocenters. The second-order valence-corrected chi connectivity index (χ2v) is 11.5. The predicted octanol–water partition coefficient (Wildman–Crippen LogP) is 6.76. The number of halogens is 4. The third-order valence-electron chi connectivity index (χ3n) is 5.17. The van der Waals surface area contributed by atoms with Crippen molar-refractivity contribution < 1.29 is 22.0 Å². The molecule has 136 valence electrons. The van der Waals surface area contributed by atoms with Crippen molar-refractivity contribution in [1.82, 2.24) is 0 Å². The molecule has 1 nitrogen and oxygen atoms in total. The molecule has 0 amide bonds. The first kappa shape index (κ1) is 20.5. The summed E-state index contributed by atoms with van der Waals surface area (Å²) in [4.78, 5) is 0. The van der Waals surface area contributed by atoms with Gasteiger partial charge in [-0.15, -0.1) is 0 Å². The Kier molecular flexibility index (Phi) is 7.17. The number of alkyl halides is 4. The summed E-state index contributed by atoms with van der Waals surface area (Å²) in [6.07, 6.45) is 2.38. The fourth-order valence-corrected chi connectivity index (χ4v) is 5.78. The Morgan fingerprint density at radius 2 is 1.61 bits per heavy atom. The summed E-state index contributed by atoms with van der Waals surface area (Å²) >= 11 is 0. The van der Waals surface area contributed by atoms with E-state index in [2.05, 4.69) is 0 Å². The lowest BCUT2D eigenvalue weighted by Gasteiger charge is -2.33. The van der Waals surface area contributed by atoms with E-state index in [4.69, 9.17) is 4.43 Å². The van der Waals surface area contributed by atoms with Crippen LogP contribution in [0.25, 0.3) is 0 Å². The molecule has 1 aliphatic rings. The van der Waals surface area contributed by atoms with Gasteiger partial charge in [0.25, 0.3) is 5.92 Å². The van der Waals surface area contributed by atoms with E-state index in [-0.39, 0.29) is 24.5 Å². The Hall–Kier alpha value is -0.523. The van der Waals surface area contributed by atoms with E-state index in [9.17, 15) is 17.6 Å². The van der Waals surface area contributed by atoms with Crippen molar-refractivity contribution in [3.8, 4) is 0 Å². The minimum Gasteiger partial charge on any atom is -0.543 e. The van der Waals surface area contributed by atoms with Crippen LogP contribution in [0.1, 0.15) is 59.8 Å². The molecule has 1 saturated carbocycles. The minimum absolute atomic E-state index is 0.0523. The van der Waals surface area contributed by atoms with Gasteiger partial charge in [-0.2, -0.15) is 8.78 Å². The number of allylic oxidation sites excluding steroid dienone is 2. The fourth-order valence-electron chi connectivity index (χ4n) is 3.12. The molecule has 1 rings (SSSR count). The molecule has 0 saturated heterocycles. The molecule has 0 radical (unpaired) electrons. The van der Waals surface area contributed by atoms with Crippen LogP contribution in [0.5, 0.6) is 0 Å². The molecule has 1 fully saturated rings. The topological polar surface area (TPSA) is 9.23 Å². The summed E-state index contributed by atoms with van der Waals surface area (Å²) in [6, 6.07) is 2.38. The minimum atomic E-state index is -3.02. The van der Waals surface area contributed by atoms with E-state index in [1.165, 1.54) is 6.08 Å². The summed E-state index contributed by atoms with van der Waals surface area (Å²) < 4.78 is 60.1. The molecule has 0 aromatic carbocycles. The van der Waals surface area contributed by atoms with Crippen LogP contribution >= 0.6 is 0 Å². The van der Waals surface area contributed by atoms with E-state index in [0.717, 1.165) is 25.1 Å². The molecule has 0 atom stereocenters. The lowest BCUT2D eigenvalue weighted by molar-refractivity contribution is -0.0456. The van der Waals surface area contributed by atoms with Crippen LogP contribution in [0.15, 0.2) is 11.8 Å². The molecule has 0 bridgehead atoms. The molecule has 0 aromatic rings. The van der Waals surface area contributed by atoms with Gasteiger partial charge < -0.3 is 4.43 Å². The molecule has 0 aromatic heterocycles. The zero-order chi connectivity index (χ0) is 17.7. The van der Waals surface area contributed by atoms with E-state index >= 15 is 0 Å². The average Bonchev–Trinajstić information content (AvgIpc) is 2.48. The molecule has 0 spiro atoms. The average molecular weight is 355 g/mol. The summed E-state index contributed by atoms with van der Waals surface area (Å²) in [5.74, 6) is -5.79. The maximum absolute atomic E-state index is 13.9. The quantitative estimate of drug-likeness (QED) is 0.266. The van der Waals surface area contributed by atoms with Gasteiger partial charge in [-0.25, -0.2) is 8.78 Å². The zero-order valence-corrected chi connectivity index (χ0v) is 15.7. The van der Waals surface area contributed by atoms with Crippen molar-refractivity contribution in [2.24, 2.45) is 5.92 Å². The Balaban J connectivity index is 2.79. The number of hydrogen-bond donors (Lipinski definition) is 0. The first-order valence-electron chi connectivity index (χ1n) is 8.72. The molecule has 6 heteroatoms. The van der Waals surface area contributed by atoms with Crippen molar-refractivity contribution in [2.75, 3.05) is 0 Å². The smallest absolute Gasteiger partial charge is 0.299 e. The summed E-state index contributed by atoms with van der Waals surface area (Å²) in [7, 11) is -2.17. The summed E-state index contributed by atoms with van der Waals surface area (Å²) in [5.41, 5.74) is 0. The van der Waals surface area contributed by atoms with Gasteiger partial charge >= 0.3 is 0 Å². The monoisotopic (exact) mass is 354 g/mol. The van der Waals surface area contributed by atoms with Crippen molar-refractivity contribution in [2.45, 2.75) is 89.8 Å². The molecule has 0 heterocycles. The van der Waals surface area contributed by atoms with Crippen LogP contribution in [0.3, 0.4) is 0 Å². The van der Waals surface area contributed by atoms with Gasteiger partial charge in [0.15, 0.2) is 0 Å². The van der Waals surface area contributed by atoms with Crippen LogP contribution < -0.4 is 0 Å². The predicted molar refractivity (Wildman–Crippen MR) is 88.5 cm³/mol. The third kappa shape index (κ3) is 6.12. The molecule has 0 aliphatic heterocycles. The Morgan fingerprint density at radius 1 is 1.13 bits per heavy atom. The van der Waals surface area contributed by atoms with Crippen molar-refractivity contribution in [3.05, 3.63) is 11.8 Å². The van der Waals surface area contributed by atoms with Crippen LogP contribution in [-0.2, 0) is 4.43 Å². The number of rotatable bonds is 8. The van der Waals surface area contributed by atoms with E-state index < -0.39 is 20.2 Å². The normalized spacial score (nSPS) is 20.6. The van der Waals surface area contributed by atoms with Crippen LogP contribution in [0, 0.1) is 5.92 Å². The largest absolute Gasteiger partial charge is 0.543 e. The highest BCUT2D eigenvalue weighted by Gasteiger charge is 2.39. The van der Waals surface area contributed by atoms with Crippen LogP contribution in [0.4, 0.5) is 17.6 Å². The zero-order valence-electron chi connectivity index (χ0n) is 14.7. The fraction of sp³-hybridized carbons (Fsp3) is 0.882. The first-order valence-corrected chi connectivity index (χ1v) is 11.3. The van der Waals surface area contributed by atoms with Crippen molar-refractivity contribution in [3.63, 3.8) is 0 Å². The molecular formula is C17H30F4OSi. The molecule has 23 heavy (non-hydrogen) atoms. The Bertz CT molecular complexity index is 382. The maximum Gasteiger partial charge on any atom is 0.299 e. The highest BCUT2D eigenvalue weighted by Crippen LogP contribution is 2.39. The van der Waals surface area contributed by atoms with Gasteiger partial charge in [0.2, 0.25) is 14.2 Å². The SMILES string of the molecule is CC[Si](CC)(CC)O/C(=C\CC1CCC(F)(F)CC1)C(C)(F)F. The lowest BCUT2D eigenvalue weighted by atomic mass is 9.84. The van der Waals surface area contributed by atoms with E-state index in [1.54, 1.807) is 0 Å². The van der Waals surface area contributed by atoms with E-state index in [1.807, 2.05) is 20.8 Å². The highest BCUT2D eigenvalue weighted by molar-refractivity contribution is 6.73. The second-order valence-electron chi connectivity index (χ2n) is 6.84. The van der Waals surface area contributed by atoms with E-state index in [0.29, 0.717) is 19.3 Å². The first-order chi connectivity index (χ1) is 10.6. The maximum atomic E-state index is 13.9. The molecular weight excluding hydrogens is 324 g/mol. The van der Waals surface area contributed by atoms with Gasteiger partial charge in [-0.3, -0.25) is 0 Å². The van der Waals surface area contributed by atoms with Crippen LogP contribution in [-0.4, -0.2) is 20.2 Å². The van der Waals surface area contributed by atoms with Gasteiger partial charge in [0.05, 0.1) is 0 Å². The summed E-state index contributed by atoms with van der Waals surface area (Å²) in [5, 5.41) is 0. The Labute approximate surface area is 138 Å². The summed E-state index contributed by atoms with van der Waals surface area (Å²) in [6.45, 7) is 6.84. The van der Waals surface area contributed by atoms with Crippen LogP contribution in [0.2, 0.25) is 18.1 Å². The van der Waals surface area contributed by atoms with Gasteiger partial charge in [-0.1, -0.05) is 20.8 Å². The van der Waals surface area contributed by atoms with Gasteiger partial charge in [0.1, 0.15) is 5.76 Å². The van der Waals surface area contributed by atoms with Gasteiger partial charge in [0, 0.05) is 19.8 Å². The third-order valence-corrected chi connectivity index (χ3v) is 9.68. The molecule has 0 N–H and O–H groups in total. The molecule has 1 aliphatic carbocycles. The standard InChI is InChI=1S/C17H30F4OSi/c1-5-23(6-2,7-3)22-15(16(4,18)19)9-8-14-10-12-17(20,21)13-11-14/h9,14H,5-8,10-13H2,1-4H3/b15-9-. The highest BCUT2D eigenvalue weighted by atomic mass is 28.4.